The molecule has 0 aromatic heterocycles. The van der Waals surface area contributed by atoms with E-state index in [0.717, 1.165) is 16.6 Å². The summed E-state index contributed by atoms with van der Waals surface area (Å²) < 4.78 is 0. The van der Waals surface area contributed by atoms with Gasteiger partial charge in [-0.05, 0) is 23.6 Å². The number of nitrogens with one attached hydrogen (secondary N) is 1. The highest BCUT2D eigenvalue weighted by molar-refractivity contribution is 8.00. The maximum Gasteiger partial charge on any atom is 0.256 e. The maximum atomic E-state index is 11.8. The standard InChI is InChI=1S/C14H13NOS/c1-8(2)17-12-7-6-11-13-9(12)4-3-5-10(13)14(16)15-11/h3-8H,1-2H3,(H,15,16). The maximum absolute atomic E-state index is 11.8. The first-order chi connectivity index (χ1) is 8.16. The fraction of sp³-hybridized carbons (Fsp3) is 0.214. The van der Waals surface area contributed by atoms with Crippen molar-refractivity contribution < 1.29 is 4.79 Å². The number of carbonyl (C=O) groups excluding carboxylic acids is 1. The highest BCUT2D eigenvalue weighted by atomic mass is 32.2. The van der Waals surface area contributed by atoms with Crippen molar-refractivity contribution in [3.8, 4) is 0 Å². The number of carbonyl (C=O) groups is 1. The van der Waals surface area contributed by atoms with E-state index < -0.39 is 0 Å². The van der Waals surface area contributed by atoms with Gasteiger partial charge in [0.25, 0.3) is 5.91 Å². The average Bonchev–Trinajstić information content (AvgIpc) is 2.61. The Morgan fingerprint density at radius 3 is 2.76 bits per heavy atom. The third-order valence-corrected chi connectivity index (χ3v) is 3.94. The fourth-order valence-corrected chi connectivity index (χ4v) is 3.17. The first-order valence-electron chi connectivity index (χ1n) is 5.70. The van der Waals surface area contributed by atoms with E-state index in [0.29, 0.717) is 5.25 Å². The molecule has 0 fully saturated rings. The molecule has 0 atom stereocenters. The summed E-state index contributed by atoms with van der Waals surface area (Å²) in [6.45, 7) is 4.36. The van der Waals surface area contributed by atoms with Gasteiger partial charge in [-0.3, -0.25) is 4.79 Å². The minimum Gasteiger partial charge on any atom is -0.321 e. The van der Waals surface area contributed by atoms with Crippen LogP contribution in [0.1, 0.15) is 24.2 Å². The third-order valence-electron chi connectivity index (χ3n) is 2.86. The Morgan fingerprint density at radius 1 is 1.18 bits per heavy atom. The Labute approximate surface area is 104 Å². The molecule has 0 saturated heterocycles. The van der Waals surface area contributed by atoms with E-state index in [2.05, 4.69) is 31.3 Å². The van der Waals surface area contributed by atoms with Gasteiger partial charge in [-0.2, -0.15) is 0 Å². The molecule has 86 valence electrons. The summed E-state index contributed by atoms with van der Waals surface area (Å²) >= 11 is 1.84. The molecule has 0 spiro atoms. The van der Waals surface area contributed by atoms with Crippen LogP contribution in [-0.4, -0.2) is 11.2 Å². The molecule has 1 N–H and O–H groups in total. The summed E-state index contributed by atoms with van der Waals surface area (Å²) in [5, 5.41) is 5.69. The van der Waals surface area contributed by atoms with Crippen molar-refractivity contribution in [2.75, 3.05) is 5.32 Å². The SMILES string of the molecule is CC(C)Sc1ccc2c3c(cccc13)C(=O)N2. The van der Waals surface area contributed by atoms with Crippen LogP contribution in [0.2, 0.25) is 0 Å². The van der Waals surface area contributed by atoms with Gasteiger partial charge in [0.15, 0.2) is 0 Å². The van der Waals surface area contributed by atoms with Crippen LogP contribution in [0.4, 0.5) is 5.69 Å². The summed E-state index contributed by atoms with van der Waals surface area (Å²) in [5.41, 5.74) is 1.73. The van der Waals surface area contributed by atoms with E-state index in [1.807, 2.05) is 30.0 Å². The van der Waals surface area contributed by atoms with E-state index in [4.69, 9.17) is 0 Å². The average molecular weight is 243 g/mol. The van der Waals surface area contributed by atoms with Crippen molar-refractivity contribution in [3.05, 3.63) is 35.9 Å². The molecule has 0 saturated carbocycles. The molecule has 0 aliphatic carbocycles. The Balaban J connectivity index is 2.29. The van der Waals surface area contributed by atoms with Gasteiger partial charge in [0.05, 0.1) is 0 Å². The predicted molar refractivity (Wildman–Crippen MR) is 72.9 cm³/mol. The van der Waals surface area contributed by atoms with Crippen LogP contribution >= 0.6 is 11.8 Å². The minimum absolute atomic E-state index is 0.0114. The van der Waals surface area contributed by atoms with E-state index in [9.17, 15) is 4.79 Å². The molecule has 0 unspecified atom stereocenters. The molecule has 2 aromatic rings. The zero-order valence-corrected chi connectivity index (χ0v) is 10.6. The van der Waals surface area contributed by atoms with Crippen molar-refractivity contribution in [2.24, 2.45) is 0 Å². The summed E-state index contributed by atoms with van der Waals surface area (Å²) in [5.74, 6) is 0.0114. The van der Waals surface area contributed by atoms with Gasteiger partial charge >= 0.3 is 0 Å². The number of hydrogen-bond acceptors (Lipinski definition) is 2. The predicted octanol–water partition coefficient (Wildman–Crippen LogP) is 3.91. The number of thioether (sulfide) groups is 1. The quantitative estimate of drug-likeness (QED) is 0.810. The van der Waals surface area contributed by atoms with Gasteiger partial charge in [-0.25, -0.2) is 0 Å². The van der Waals surface area contributed by atoms with Crippen molar-refractivity contribution in [1.29, 1.82) is 0 Å². The van der Waals surface area contributed by atoms with Crippen LogP contribution in [-0.2, 0) is 0 Å². The minimum atomic E-state index is 0.0114. The number of benzene rings is 2. The summed E-state index contributed by atoms with van der Waals surface area (Å²) in [6, 6.07) is 10.0. The van der Waals surface area contributed by atoms with Gasteiger partial charge < -0.3 is 5.32 Å². The third kappa shape index (κ3) is 1.62. The molecular formula is C14H13NOS. The molecule has 1 aliphatic heterocycles. The second kappa shape index (κ2) is 3.77. The van der Waals surface area contributed by atoms with Gasteiger partial charge in [0.1, 0.15) is 0 Å². The molecule has 2 nitrogen and oxygen atoms in total. The molecule has 1 amide bonds. The van der Waals surface area contributed by atoms with E-state index >= 15 is 0 Å². The number of rotatable bonds is 2. The first kappa shape index (κ1) is 10.7. The number of anilines is 1. The Hall–Kier alpha value is -1.48. The lowest BCUT2D eigenvalue weighted by Gasteiger charge is -2.09. The summed E-state index contributed by atoms with van der Waals surface area (Å²) in [6.07, 6.45) is 0. The van der Waals surface area contributed by atoms with E-state index in [1.165, 1.54) is 10.3 Å². The lowest BCUT2D eigenvalue weighted by molar-refractivity contribution is 0.103. The lowest BCUT2D eigenvalue weighted by atomic mass is 10.1. The zero-order valence-electron chi connectivity index (χ0n) is 9.78. The summed E-state index contributed by atoms with van der Waals surface area (Å²) in [7, 11) is 0. The second-order valence-corrected chi connectivity index (χ2v) is 6.08. The molecule has 0 radical (unpaired) electrons. The van der Waals surface area contributed by atoms with Gasteiger partial charge in [0.2, 0.25) is 0 Å². The molecule has 3 rings (SSSR count). The molecule has 1 heterocycles. The van der Waals surface area contributed by atoms with Gasteiger partial charge in [-0.1, -0.05) is 26.0 Å². The van der Waals surface area contributed by atoms with Crippen molar-refractivity contribution >= 4 is 34.1 Å². The van der Waals surface area contributed by atoms with Gasteiger partial charge in [-0.15, -0.1) is 11.8 Å². The van der Waals surface area contributed by atoms with Crippen molar-refractivity contribution in [2.45, 2.75) is 24.0 Å². The van der Waals surface area contributed by atoms with Crippen LogP contribution in [0, 0.1) is 0 Å². The highest BCUT2D eigenvalue weighted by Gasteiger charge is 2.22. The Bertz CT molecular complexity index is 619. The Kier molecular flexibility index (Phi) is 2.37. The second-order valence-electron chi connectivity index (χ2n) is 4.46. The molecular weight excluding hydrogens is 230 g/mol. The molecule has 17 heavy (non-hydrogen) atoms. The van der Waals surface area contributed by atoms with E-state index in [-0.39, 0.29) is 5.91 Å². The van der Waals surface area contributed by atoms with Crippen LogP contribution in [0.3, 0.4) is 0 Å². The zero-order chi connectivity index (χ0) is 12.0. The van der Waals surface area contributed by atoms with Crippen LogP contribution < -0.4 is 5.32 Å². The topological polar surface area (TPSA) is 29.1 Å². The highest BCUT2D eigenvalue weighted by Crippen LogP contribution is 2.39. The molecule has 1 aliphatic rings. The molecule has 0 bridgehead atoms. The monoisotopic (exact) mass is 243 g/mol. The largest absolute Gasteiger partial charge is 0.321 e. The normalized spacial score (nSPS) is 13.5. The van der Waals surface area contributed by atoms with E-state index in [1.54, 1.807) is 0 Å². The smallest absolute Gasteiger partial charge is 0.256 e. The van der Waals surface area contributed by atoms with Crippen LogP contribution in [0.25, 0.3) is 10.8 Å². The number of hydrogen-bond donors (Lipinski definition) is 1. The van der Waals surface area contributed by atoms with Gasteiger partial charge in [0, 0.05) is 26.8 Å². The molecule has 2 aromatic carbocycles. The van der Waals surface area contributed by atoms with Crippen LogP contribution in [0.5, 0.6) is 0 Å². The Morgan fingerprint density at radius 2 is 2.00 bits per heavy atom. The van der Waals surface area contributed by atoms with Crippen LogP contribution in [0.15, 0.2) is 35.2 Å². The first-order valence-corrected chi connectivity index (χ1v) is 6.58. The van der Waals surface area contributed by atoms with Crippen molar-refractivity contribution in [3.63, 3.8) is 0 Å². The van der Waals surface area contributed by atoms with Crippen molar-refractivity contribution in [1.82, 2.24) is 0 Å². The molecule has 3 heteroatoms. The summed E-state index contributed by atoms with van der Waals surface area (Å²) in [4.78, 5) is 13.0. The number of amides is 1. The lowest BCUT2D eigenvalue weighted by Crippen LogP contribution is -2.03. The fourth-order valence-electron chi connectivity index (χ4n) is 2.22.